The Labute approximate surface area is 112 Å². The first-order valence-corrected chi connectivity index (χ1v) is 5.97. The Hall–Kier alpha value is -2.07. The molecule has 100 valence electrons. The molecule has 1 aromatic rings. The van der Waals surface area contributed by atoms with Gasteiger partial charge in [0.25, 0.3) is 0 Å². The Bertz CT molecular complexity index is 567. The van der Waals surface area contributed by atoms with E-state index in [9.17, 15) is 9.90 Å². The zero-order chi connectivity index (χ0) is 14.0. The number of carbonyl (C=O) groups excluding carboxylic acids is 1. The van der Waals surface area contributed by atoms with Crippen molar-refractivity contribution in [3.05, 3.63) is 47.6 Å². The van der Waals surface area contributed by atoms with Crippen molar-refractivity contribution < 1.29 is 19.4 Å². The second-order valence-electron chi connectivity index (χ2n) is 4.39. The number of rotatable bonds is 3. The monoisotopic (exact) mass is 260 g/mol. The van der Waals surface area contributed by atoms with Crippen LogP contribution in [-0.4, -0.2) is 24.0 Å². The third kappa shape index (κ3) is 2.39. The molecule has 0 saturated heterocycles. The Morgan fingerprint density at radius 3 is 2.79 bits per heavy atom. The maximum Gasteiger partial charge on any atom is 0.341 e. The highest BCUT2D eigenvalue weighted by atomic mass is 16.7. The van der Waals surface area contributed by atoms with Crippen LogP contribution in [0.15, 0.2) is 42.0 Å². The van der Waals surface area contributed by atoms with Crippen LogP contribution in [0, 0.1) is 0 Å². The summed E-state index contributed by atoms with van der Waals surface area (Å²) in [5.41, 5.74) is 1.51. The number of carbonyl (C=O) groups is 1. The summed E-state index contributed by atoms with van der Waals surface area (Å²) in [5, 5.41) is 10.3. The zero-order valence-electron chi connectivity index (χ0n) is 11.1. The lowest BCUT2D eigenvalue weighted by Gasteiger charge is -2.20. The summed E-state index contributed by atoms with van der Waals surface area (Å²) >= 11 is 0. The third-order valence-corrected chi connectivity index (χ3v) is 2.94. The largest absolute Gasteiger partial charge is 0.497 e. The number of hydrogen-bond acceptors (Lipinski definition) is 4. The molecule has 19 heavy (non-hydrogen) atoms. The van der Waals surface area contributed by atoms with Crippen molar-refractivity contribution in [1.82, 2.24) is 0 Å². The lowest BCUT2D eigenvalue weighted by Crippen LogP contribution is -2.26. The molecule has 0 saturated carbocycles. The van der Waals surface area contributed by atoms with Crippen LogP contribution < -0.4 is 4.74 Å². The standard InChI is InChI=1S/C15H16O4/c1-4-6-12-13(15(2,17)19-14(12)16)10-7-5-8-11(9-10)18-3/h4-9,17H,1-3H3/b6-4+. The van der Waals surface area contributed by atoms with E-state index in [1.807, 2.05) is 0 Å². The van der Waals surface area contributed by atoms with Crippen molar-refractivity contribution >= 4 is 11.5 Å². The molecule has 0 bridgehead atoms. The summed E-state index contributed by atoms with van der Waals surface area (Å²) in [7, 11) is 1.56. The quantitative estimate of drug-likeness (QED) is 0.847. The Morgan fingerprint density at radius 2 is 2.16 bits per heavy atom. The minimum atomic E-state index is -1.63. The molecule has 1 N–H and O–H groups in total. The van der Waals surface area contributed by atoms with Crippen LogP contribution in [0.2, 0.25) is 0 Å². The van der Waals surface area contributed by atoms with Gasteiger partial charge >= 0.3 is 5.97 Å². The number of aliphatic hydroxyl groups is 1. The van der Waals surface area contributed by atoms with Crippen molar-refractivity contribution in [3.8, 4) is 5.75 Å². The molecule has 1 unspecified atom stereocenters. The summed E-state index contributed by atoms with van der Waals surface area (Å²) < 4.78 is 10.2. The summed E-state index contributed by atoms with van der Waals surface area (Å²) in [4.78, 5) is 11.8. The van der Waals surface area contributed by atoms with Gasteiger partial charge in [-0.2, -0.15) is 0 Å². The third-order valence-electron chi connectivity index (χ3n) is 2.94. The predicted octanol–water partition coefficient (Wildman–Crippen LogP) is 2.29. The normalized spacial score (nSPS) is 23.1. The average molecular weight is 260 g/mol. The van der Waals surface area contributed by atoms with Crippen molar-refractivity contribution in [2.45, 2.75) is 19.6 Å². The minimum Gasteiger partial charge on any atom is -0.497 e. The number of methoxy groups -OCH3 is 1. The van der Waals surface area contributed by atoms with Gasteiger partial charge in [0.2, 0.25) is 5.79 Å². The van der Waals surface area contributed by atoms with E-state index in [1.54, 1.807) is 50.5 Å². The maximum absolute atomic E-state index is 11.8. The topological polar surface area (TPSA) is 55.8 Å². The first-order valence-electron chi connectivity index (χ1n) is 5.97. The summed E-state index contributed by atoms with van der Waals surface area (Å²) in [5.74, 6) is -1.50. The van der Waals surface area contributed by atoms with E-state index < -0.39 is 11.8 Å². The molecule has 4 heteroatoms. The van der Waals surface area contributed by atoms with Gasteiger partial charge in [0.1, 0.15) is 5.75 Å². The van der Waals surface area contributed by atoms with Crippen molar-refractivity contribution in [2.24, 2.45) is 0 Å². The average Bonchev–Trinajstić information content (AvgIpc) is 2.59. The van der Waals surface area contributed by atoms with Crippen molar-refractivity contribution in [3.63, 3.8) is 0 Å². The van der Waals surface area contributed by atoms with Gasteiger partial charge in [-0.25, -0.2) is 4.79 Å². The van der Waals surface area contributed by atoms with Gasteiger partial charge < -0.3 is 14.6 Å². The molecule has 2 rings (SSSR count). The number of cyclic esters (lactones) is 1. The van der Waals surface area contributed by atoms with Crippen LogP contribution in [-0.2, 0) is 9.53 Å². The molecule has 0 fully saturated rings. The zero-order valence-corrected chi connectivity index (χ0v) is 11.1. The highest BCUT2D eigenvalue weighted by molar-refractivity contribution is 6.06. The van der Waals surface area contributed by atoms with E-state index in [4.69, 9.17) is 9.47 Å². The lowest BCUT2D eigenvalue weighted by molar-refractivity contribution is -0.170. The molecule has 1 aromatic carbocycles. The SMILES string of the molecule is C/C=C/C1=C(c2cccc(OC)c2)C(C)(O)OC1=O. The van der Waals surface area contributed by atoms with E-state index in [1.165, 1.54) is 6.92 Å². The molecule has 1 aliphatic heterocycles. The van der Waals surface area contributed by atoms with Gasteiger partial charge in [-0.05, 0) is 24.6 Å². The second-order valence-corrected chi connectivity index (χ2v) is 4.39. The maximum atomic E-state index is 11.8. The molecular weight excluding hydrogens is 244 g/mol. The van der Waals surface area contributed by atoms with Crippen LogP contribution in [0.4, 0.5) is 0 Å². The predicted molar refractivity (Wildman–Crippen MR) is 71.4 cm³/mol. The molecule has 4 nitrogen and oxygen atoms in total. The van der Waals surface area contributed by atoms with Gasteiger partial charge in [-0.3, -0.25) is 0 Å². The van der Waals surface area contributed by atoms with Crippen LogP contribution in [0.3, 0.4) is 0 Å². The molecular formula is C15H16O4. The van der Waals surface area contributed by atoms with E-state index in [0.29, 0.717) is 22.5 Å². The molecule has 0 radical (unpaired) electrons. The van der Waals surface area contributed by atoms with Gasteiger partial charge in [-0.15, -0.1) is 0 Å². The number of ether oxygens (including phenoxy) is 2. The van der Waals surface area contributed by atoms with E-state index in [0.717, 1.165) is 0 Å². The Kier molecular flexibility index (Phi) is 3.44. The van der Waals surface area contributed by atoms with E-state index in [2.05, 4.69) is 0 Å². The minimum absolute atomic E-state index is 0.362. The smallest absolute Gasteiger partial charge is 0.341 e. The van der Waals surface area contributed by atoms with Gasteiger partial charge in [0.05, 0.1) is 12.7 Å². The summed E-state index contributed by atoms with van der Waals surface area (Å²) in [6.07, 6.45) is 3.37. The highest BCUT2D eigenvalue weighted by Crippen LogP contribution is 2.39. The number of esters is 1. The van der Waals surface area contributed by atoms with Gasteiger partial charge in [0, 0.05) is 12.5 Å². The van der Waals surface area contributed by atoms with Crippen molar-refractivity contribution in [2.75, 3.05) is 7.11 Å². The fraction of sp³-hybridized carbons (Fsp3) is 0.267. The van der Waals surface area contributed by atoms with Crippen LogP contribution in [0.25, 0.3) is 5.57 Å². The summed E-state index contributed by atoms with van der Waals surface area (Å²) in [6, 6.07) is 7.16. The van der Waals surface area contributed by atoms with E-state index >= 15 is 0 Å². The van der Waals surface area contributed by atoms with Gasteiger partial charge in [0.15, 0.2) is 0 Å². The molecule has 0 amide bonds. The summed E-state index contributed by atoms with van der Waals surface area (Å²) in [6.45, 7) is 3.26. The molecule has 1 heterocycles. The Morgan fingerprint density at radius 1 is 1.42 bits per heavy atom. The molecule has 0 aromatic heterocycles. The molecule has 0 spiro atoms. The van der Waals surface area contributed by atoms with E-state index in [-0.39, 0.29) is 0 Å². The Balaban J connectivity index is 2.63. The number of hydrogen-bond donors (Lipinski definition) is 1. The second kappa shape index (κ2) is 4.90. The number of benzene rings is 1. The van der Waals surface area contributed by atoms with Gasteiger partial charge in [-0.1, -0.05) is 24.3 Å². The number of allylic oxidation sites excluding steroid dienone is 1. The fourth-order valence-corrected chi connectivity index (χ4v) is 2.16. The van der Waals surface area contributed by atoms with Crippen LogP contribution in [0.5, 0.6) is 5.75 Å². The lowest BCUT2D eigenvalue weighted by atomic mass is 9.95. The highest BCUT2D eigenvalue weighted by Gasteiger charge is 2.42. The molecule has 1 atom stereocenters. The molecule has 1 aliphatic rings. The van der Waals surface area contributed by atoms with Crippen LogP contribution >= 0.6 is 0 Å². The fourth-order valence-electron chi connectivity index (χ4n) is 2.16. The first kappa shape index (κ1) is 13.4. The first-order chi connectivity index (χ1) is 8.99. The van der Waals surface area contributed by atoms with Crippen LogP contribution in [0.1, 0.15) is 19.4 Å². The molecule has 0 aliphatic carbocycles. The van der Waals surface area contributed by atoms with Crippen molar-refractivity contribution in [1.29, 1.82) is 0 Å².